The Labute approximate surface area is 150 Å². The van der Waals surface area contributed by atoms with E-state index in [4.69, 9.17) is 0 Å². The van der Waals surface area contributed by atoms with Crippen LogP contribution in [0.4, 0.5) is 0 Å². The molecular weight excluding hydrogens is 310 g/mol. The Morgan fingerprint density at radius 3 is 2.80 bits per heavy atom. The molecule has 0 spiro atoms. The molecular formula is C21H29N3O. The van der Waals surface area contributed by atoms with Crippen molar-refractivity contribution in [1.29, 1.82) is 0 Å². The van der Waals surface area contributed by atoms with Crippen molar-refractivity contribution in [3.63, 3.8) is 0 Å². The first-order valence-corrected chi connectivity index (χ1v) is 9.37. The molecule has 2 aliphatic rings. The summed E-state index contributed by atoms with van der Waals surface area (Å²) >= 11 is 0. The molecule has 1 saturated heterocycles. The predicted molar refractivity (Wildman–Crippen MR) is 102 cm³/mol. The molecule has 25 heavy (non-hydrogen) atoms. The number of carbonyl (C=O) groups is 1. The number of hydrogen-bond acceptors (Lipinski definition) is 2. The lowest BCUT2D eigenvalue weighted by Crippen LogP contribution is -2.56. The van der Waals surface area contributed by atoms with Crippen molar-refractivity contribution in [3.8, 4) is 0 Å². The number of carbonyl (C=O) groups excluding carboxylic acids is 1. The number of benzene rings is 1. The number of nitrogens with zero attached hydrogens (tertiary/aromatic N) is 1. The topological polar surface area (TPSA) is 48.1 Å². The maximum atomic E-state index is 12.5. The van der Waals surface area contributed by atoms with Crippen LogP contribution >= 0.6 is 0 Å². The average molecular weight is 339 g/mol. The second kappa shape index (κ2) is 5.60. The largest absolute Gasteiger partial charge is 0.358 e. The normalized spacial score (nSPS) is 26.5. The molecule has 4 nitrogen and oxygen atoms in total. The van der Waals surface area contributed by atoms with Crippen molar-refractivity contribution in [3.05, 3.63) is 35.0 Å². The standard InChI is InChI=1S/C21H29N3O/c1-12-15-10-18-16(14-7-6-8-17(22-12)19(14)15)9-13(11-24(18)5)23-20(25)21(2,3)4/h6-8,13,16,18,22H,9-11H2,1-5H3,(H,23,25)/t13?,16-,18-/m1/s1. The van der Waals surface area contributed by atoms with Crippen molar-refractivity contribution >= 4 is 16.8 Å². The quantitative estimate of drug-likeness (QED) is 0.837. The van der Waals surface area contributed by atoms with Gasteiger partial charge in [-0.25, -0.2) is 0 Å². The van der Waals surface area contributed by atoms with Crippen molar-refractivity contribution in [2.75, 3.05) is 13.6 Å². The third kappa shape index (κ3) is 2.67. The summed E-state index contributed by atoms with van der Waals surface area (Å²) in [5.41, 5.74) is 5.15. The number of H-pyrrole nitrogens is 1. The Balaban J connectivity index is 1.68. The van der Waals surface area contributed by atoms with Gasteiger partial charge in [0.15, 0.2) is 0 Å². The van der Waals surface area contributed by atoms with Crippen LogP contribution in [0.3, 0.4) is 0 Å². The van der Waals surface area contributed by atoms with Gasteiger partial charge in [-0.15, -0.1) is 0 Å². The Morgan fingerprint density at radius 1 is 1.32 bits per heavy atom. The Bertz CT molecular complexity index is 830. The lowest BCUT2D eigenvalue weighted by atomic mass is 9.73. The molecule has 0 radical (unpaired) electrons. The molecule has 1 unspecified atom stereocenters. The first-order valence-electron chi connectivity index (χ1n) is 9.37. The van der Waals surface area contributed by atoms with Gasteiger partial charge in [0.05, 0.1) is 0 Å². The zero-order valence-electron chi connectivity index (χ0n) is 15.9. The van der Waals surface area contributed by atoms with Crippen LogP contribution in [0.15, 0.2) is 18.2 Å². The van der Waals surface area contributed by atoms with E-state index in [-0.39, 0.29) is 17.4 Å². The summed E-state index contributed by atoms with van der Waals surface area (Å²) in [6.07, 6.45) is 2.13. The molecule has 1 fully saturated rings. The summed E-state index contributed by atoms with van der Waals surface area (Å²) in [5.74, 6) is 0.631. The van der Waals surface area contributed by atoms with E-state index in [1.807, 2.05) is 20.8 Å². The maximum Gasteiger partial charge on any atom is 0.225 e. The fourth-order valence-electron chi connectivity index (χ4n) is 4.72. The van der Waals surface area contributed by atoms with Gasteiger partial charge >= 0.3 is 0 Å². The molecule has 1 aliphatic heterocycles. The minimum absolute atomic E-state index is 0.150. The van der Waals surface area contributed by atoms with Crippen molar-refractivity contribution in [1.82, 2.24) is 15.2 Å². The molecule has 4 rings (SSSR count). The predicted octanol–water partition coefficient (Wildman–Crippen LogP) is 3.35. The Morgan fingerprint density at radius 2 is 2.08 bits per heavy atom. The fraction of sp³-hybridized carbons (Fsp3) is 0.571. The molecule has 0 saturated carbocycles. The molecule has 4 heteroatoms. The van der Waals surface area contributed by atoms with Gasteiger partial charge in [0.1, 0.15) is 0 Å². The van der Waals surface area contributed by atoms with Crippen LogP contribution in [-0.2, 0) is 11.2 Å². The summed E-state index contributed by atoms with van der Waals surface area (Å²) in [6, 6.07) is 7.38. The zero-order chi connectivity index (χ0) is 17.9. The van der Waals surface area contributed by atoms with Crippen molar-refractivity contribution in [2.24, 2.45) is 5.41 Å². The smallest absolute Gasteiger partial charge is 0.225 e. The number of nitrogens with one attached hydrogen (secondary N) is 2. The molecule has 134 valence electrons. The number of aromatic amines is 1. The highest BCUT2D eigenvalue weighted by Crippen LogP contribution is 2.44. The number of rotatable bonds is 1. The molecule has 2 heterocycles. The van der Waals surface area contributed by atoms with Crippen LogP contribution in [-0.4, -0.2) is 41.5 Å². The van der Waals surface area contributed by atoms with Crippen LogP contribution in [0.1, 0.15) is 49.9 Å². The summed E-state index contributed by atoms with van der Waals surface area (Å²) in [6.45, 7) is 9.06. The van der Waals surface area contributed by atoms with E-state index in [1.165, 1.54) is 27.7 Å². The van der Waals surface area contributed by atoms with Crippen molar-refractivity contribution in [2.45, 2.75) is 58.5 Å². The van der Waals surface area contributed by atoms with Gasteiger partial charge in [-0.05, 0) is 44.0 Å². The number of fused-ring (bicyclic) bond motifs is 2. The van der Waals surface area contributed by atoms with E-state index in [0.717, 1.165) is 19.4 Å². The van der Waals surface area contributed by atoms with Gasteiger partial charge in [0.25, 0.3) is 0 Å². The van der Waals surface area contributed by atoms with Gasteiger partial charge in [0.2, 0.25) is 5.91 Å². The molecule has 1 amide bonds. The molecule has 3 atom stereocenters. The monoisotopic (exact) mass is 339 g/mol. The highest BCUT2D eigenvalue weighted by Gasteiger charge is 2.40. The second-order valence-electron chi connectivity index (χ2n) is 8.97. The van der Waals surface area contributed by atoms with E-state index in [1.54, 1.807) is 0 Å². The van der Waals surface area contributed by atoms with E-state index < -0.39 is 0 Å². The van der Waals surface area contributed by atoms with Crippen LogP contribution in [0, 0.1) is 12.3 Å². The third-order valence-electron chi connectivity index (χ3n) is 6.08. The Kier molecular flexibility index (Phi) is 3.73. The first-order chi connectivity index (χ1) is 11.8. The lowest BCUT2D eigenvalue weighted by molar-refractivity contribution is -0.129. The molecule has 1 aromatic heterocycles. The van der Waals surface area contributed by atoms with Crippen LogP contribution in [0.2, 0.25) is 0 Å². The fourth-order valence-corrected chi connectivity index (χ4v) is 4.72. The number of amides is 1. The van der Waals surface area contributed by atoms with E-state index in [9.17, 15) is 4.79 Å². The van der Waals surface area contributed by atoms with Crippen molar-refractivity contribution < 1.29 is 4.79 Å². The summed E-state index contributed by atoms with van der Waals surface area (Å²) < 4.78 is 0. The van der Waals surface area contributed by atoms with Crippen LogP contribution < -0.4 is 5.32 Å². The number of likely N-dealkylation sites (tertiary alicyclic amines) is 1. The summed E-state index contributed by atoms with van der Waals surface area (Å²) in [5, 5.41) is 4.72. The molecule has 2 N–H and O–H groups in total. The van der Waals surface area contributed by atoms with Gasteiger partial charge in [-0.2, -0.15) is 0 Å². The molecule has 1 aliphatic carbocycles. The van der Waals surface area contributed by atoms with Gasteiger partial charge in [-0.3, -0.25) is 4.79 Å². The minimum atomic E-state index is -0.340. The SMILES string of the molecule is Cc1[nH]c2cccc3c2c1C[C@@H]1[C@@H]3CC(NC(=O)C(C)(C)C)CN1C. The highest BCUT2D eigenvalue weighted by atomic mass is 16.2. The average Bonchev–Trinajstić information content (AvgIpc) is 2.85. The third-order valence-corrected chi connectivity index (χ3v) is 6.08. The van der Waals surface area contributed by atoms with Crippen LogP contribution in [0.5, 0.6) is 0 Å². The molecule has 1 aromatic carbocycles. The Hall–Kier alpha value is -1.81. The zero-order valence-corrected chi connectivity index (χ0v) is 15.9. The van der Waals surface area contributed by atoms with E-state index in [2.05, 4.69) is 47.4 Å². The number of aromatic nitrogens is 1. The minimum Gasteiger partial charge on any atom is -0.358 e. The summed E-state index contributed by atoms with van der Waals surface area (Å²) in [7, 11) is 2.21. The molecule has 0 bridgehead atoms. The van der Waals surface area contributed by atoms with Gasteiger partial charge in [0, 0.05) is 46.6 Å². The highest BCUT2D eigenvalue weighted by molar-refractivity contribution is 5.89. The number of aryl methyl sites for hydroxylation is 1. The number of piperidine rings is 1. The number of hydrogen-bond donors (Lipinski definition) is 2. The van der Waals surface area contributed by atoms with Gasteiger partial charge in [-0.1, -0.05) is 32.9 Å². The second-order valence-corrected chi connectivity index (χ2v) is 8.97. The lowest BCUT2D eigenvalue weighted by Gasteiger charge is -2.46. The van der Waals surface area contributed by atoms with Crippen LogP contribution in [0.25, 0.3) is 10.9 Å². The van der Waals surface area contributed by atoms with E-state index >= 15 is 0 Å². The number of likely N-dealkylation sites (N-methyl/N-ethyl adjacent to an activating group) is 1. The molecule has 2 aromatic rings. The maximum absolute atomic E-state index is 12.5. The summed E-state index contributed by atoms with van der Waals surface area (Å²) in [4.78, 5) is 18.5. The van der Waals surface area contributed by atoms with Gasteiger partial charge < -0.3 is 15.2 Å². The van der Waals surface area contributed by atoms with E-state index in [0.29, 0.717) is 12.0 Å². The first kappa shape index (κ1) is 16.6.